The molecule has 0 unspecified atom stereocenters. The van der Waals surface area contributed by atoms with Gasteiger partial charge < -0.3 is 15.9 Å². The van der Waals surface area contributed by atoms with Gasteiger partial charge in [-0.1, -0.05) is 53.5 Å². The lowest BCUT2D eigenvalue weighted by atomic mass is 10.1. The number of pyridine rings is 1. The lowest BCUT2D eigenvalue weighted by Gasteiger charge is -2.24. The summed E-state index contributed by atoms with van der Waals surface area (Å²) in [5.41, 5.74) is 4.56. The number of nitrogens with one attached hydrogen (secondary N) is 1. The normalized spacial score (nSPS) is 15.8. The molecule has 1 aliphatic heterocycles. The van der Waals surface area contributed by atoms with Crippen LogP contribution in [0, 0.1) is 13.8 Å². The molecule has 3 N–H and O–H groups in total. The van der Waals surface area contributed by atoms with Crippen LogP contribution in [0.1, 0.15) is 40.8 Å². The van der Waals surface area contributed by atoms with Crippen LogP contribution in [-0.2, 0) is 28.0 Å². The molecule has 2 heterocycles. The molecule has 1 amide bonds. The third-order valence-corrected chi connectivity index (χ3v) is 10.2. The van der Waals surface area contributed by atoms with E-state index in [2.05, 4.69) is 15.4 Å². The van der Waals surface area contributed by atoms with Crippen molar-refractivity contribution in [1.82, 2.24) is 14.6 Å². The second-order valence-electron chi connectivity index (χ2n) is 10.4. The van der Waals surface area contributed by atoms with E-state index in [1.807, 2.05) is 56.3 Å². The van der Waals surface area contributed by atoms with Crippen molar-refractivity contribution in [3.05, 3.63) is 98.7 Å². The van der Waals surface area contributed by atoms with Crippen molar-refractivity contribution < 1.29 is 17.9 Å². The third kappa shape index (κ3) is 6.47. The van der Waals surface area contributed by atoms with Crippen LogP contribution in [0.25, 0.3) is 10.9 Å². The van der Waals surface area contributed by atoms with Crippen molar-refractivity contribution in [3.63, 3.8) is 0 Å². The first-order chi connectivity index (χ1) is 20.6. The number of rotatable bonds is 9. The highest BCUT2D eigenvalue weighted by molar-refractivity contribution is 7.89. The highest BCUT2D eigenvalue weighted by Gasteiger charge is 2.40. The Morgan fingerprint density at radius 1 is 1.16 bits per heavy atom. The van der Waals surface area contributed by atoms with Gasteiger partial charge in [-0.2, -0.15) is 9.41 Å². The number of halogens is 2. The molecule has 4 aromatic rings. The Bertz CT molecular complexity index is 1830. The number of hydrogen-bond acceptors (Lipinski definition) is 7. The molecule has 5 rings (SSSR count). The number of hydrogen-bond donors (Lipinski definition) is 2. The van der Waals surface area contributed by atoms with Gasteiger partial charge in [-0.05, 0) is 73.7 Å². The molecule has 12 heteroatoms. The number of fused-ring (bicyclic) bond motifs is 1. The lowest BCUT2D eigenvalue weighted by molar-refractivity contribution is -0.124. The van der Waals surface area contributed by atoms with E-state index < -0.39 is 16.1 Å². The van der Waals surface area contributed by atoms with Crippen LogP contribution in [-0.4, -0.2) is 42.4 Å². The Morgan fingerprint density at radius 2 is 1.95 bits per heavy atom. The molecule has 0 saturated carbocycles. The molecule has 224 valence electrons. The van der Waals surface area contributed by atoms with E-state index in [1.54, 1.807) is 6.07 Å². The van der Waals surface area contributed by atoms with Gasteiger partial charge in [0.15, 0.2) is 0 Å². The van der Waals surface area contributed by atoms with Gasteiger partial charge in [0.25, 0.3) is 0 Å². The van der Waals surface area contributed by atoms with Gasteiger partial charge in [-0.25, -0.2) is 13.4 Å². The zero-order valence-corrected chi connectivity index (χ0v) is 26.0. The predicted molar refractivity (Wildman–Crippen MR) is 169 cm³/mol. The highest BCUT2D eigenvalue weighted by atomic mass is 35.5. The zero-order chi connectivity index (χ0) is 30.7. The first kappa shape index (κ1) is 30.7. The van der Waals surface area contributed by atoms with E-state index in [4.69, 9.17) is 33.8 Å². The van der Waals surface area contributed by atoms with Crippen molar-refractivity contribution in [1.29, 1.82) is 0 Å². The number of hydrazone groups is 1. The van der Waals surface area contributed by atoms with E-state index in [0.717, 1.165) is 27.8 Å². The first-order valence-electron chi connectivity index (χ1n) is 13.7. The Hall–Kier alpha value is -3.70. The Morgan fingerprint density at radius 3 is 2.74 bits per heavy atom. The SMILES string of the molecule is Cc1cc(C)c2cccc(OCc3c(Cl)ccc(S(=O)(=O)N4CCC[C@H]4C(=O)NCc4cccc(C=NN)c4)c3Cl)c2n1. The molecule has 1 saturated heterocycles. The molecule has 3 aromatic carbocycles. The number of carbonyl (C=O) groups is 1. The monoisotopic (exact) mass is 639 g/mol. The van der Waals surface area contributed by atoms with Crippen LogP contribution in [0.15, 0.2) is 70.7 Å². The number of amides is 1. The number of ether oxygens (including phenoxy) is 1. The Kier molecular flexibility index (Phi) is 9.22. The van der Waals surface area contributed by atoms with Gasteiger partial charge in [0, 0.05) is 34.8 Å². The van der Waals surface area contributed by atoms with Crippen LogP contribution < -0.4 is 15.9 Å². The molecule has 1 aromatic heterocycles. The molecule has 1 fully saturated rings. The van der Waals surface area contributed by atoms with Gasteiger partial charge in [-0.3, -0.25) is 4.79 Å². The molecule has 9 nitrogen and oxygen atoms in total. The maximum atomic E-state index is 13.9. The van der Waals surface area contributed by atoms with Crippen molar-refractivity contribution in [2.45, 2.75) is 50.8 Å². The molecule has 0 aliphatic carbocycles. The van der Waals surface area contributed by atoms with Crippen LogP contribution in [0.4, 0.5) is 0 Å². The first-order valence-corrected chi connectivity index (χ1v) is 15.9. The summed E-state index contributed by atoms with van der Waals surface area (Å²) < 4.78 is 35.1. The van der Waals surface area contributed by atoms with Crippen molar-refractivity contribution in [2.75, 3.05) is 6.54 Å². The summed E-state index contributed by atoms with van der Waals surface area (Å²) in [6.07, 6.45) is 2.43. The quantitative estimate of drug-likeness (QED) is 0.141. The highest BCUT2D eigenvalue weighted by Crippen LogP contribution is 2.36. The number of nitrogens with two attached hydrogens (primary N) is 1. The molecular weight excluding hydrogens is 609 g/mol. The van der Waals surface area contributed by atoms with Crippen LogP contribution in [0.3, 0.4) is 0 Å². The second kappa shape index (κ2) is 12.9. The van der Waals surface area contributed by atoms with Gasteiger partial charge in [0.1, 0.15) is 28.8 Å². The van der Waals surface area contributed by atoms with Crippen LogP contribution in [0.5, 0.6) is 5.75 Å². The smallest absolute Gasteiger partial charge is 0.245 e. The number of para-hydroxylation sites is 1. The van der Waals surface area contributed by atoms with E-state index in [9.17, 15) is 13.2 Å². The van der Waals surface area contributed by atoms with E-state index in [-0.39, 0.29) is 40.5 Å². The maximum absolute atomic E-state index is 13.9. The van der Waals surface area contributed by atoms with Crippen LogP contribution in [0.2, 0.25) is 10.0 Å². The Labute approximate surface area is 260 Å². The van der Waals surface area contributed by atoms with Gasteiger partial charge in [0.05, 0.1) is 11.2 Å². The summed E-state index contributed by atoms with van der Waals surface area (Å²) in [5, 5.41) is 7.55. The fourth-order valence-corrected chi connectivity index (χ4v) is 7.84. The molecule has 43 heavy (non-hydrogen) atoms. The predicted octanol–water partition coefficient (Wildman–Crippen LogP) is 5.50. The van der Waals surface area contributed by atoms with E-state index >= 15 is 0 Å². The Balaban J connectivity index is 1.36. The van der Waals surface area contributed by atoms with E-state index in [0.29, 0.717) is 29.7 Å². The number of aromatic nitrogens is 1. The number of carbonyl (C=O) groups excluding carboxylic acids is 1. The number of benzene rings is 3. The summed E-state index contributed by atoms with van der Waals surface area (Å²) in [6, 6.07) is 17.0. The fourth-order valence-electron chi connectivity index (χ4n) is 5.32. The largest absolute Gasteiger partial charge is 0.487 e. The molecule has 0 bridgehead atoms. The standard InChI is InChI=1S/C31H31Cl2N5O4S/c1-19-14-20(2)37-30-23(19)8-4-10-27(30)42-18-24-25(32)11-12-28(29(24)33)43(40,41)38-13-5-9-26(38)31(39)35-16-21-6-3-7-22(15-21)17-36-34/h3-4,6-8,10-12,14-15,17,26H,5,9,13,16,18,34H2,1-2H3,(H,35,39)/t26-/m0/s1. The fraction of sp³-hybridized carbons (Fsp3) is 0.258. The minimum atomic E-state index is -4.15. The summed E-state index contributed by atoms with van der Waals surface area (Å²) in [7, 11) is -4.15. The van der Waals surface area contributed by atoms with Gasteiger partial charge >= 0.3 is 0 Å². The number of nitrogens with zero attached hydrogens (tertiary/aromatic N) is 3. The number of sulfonamides is 1. The molecule has 0 spiro atoms. The lowest BCUT2D eigenvalue weighted by Crippen LogP contribution is -2.45. The van der Waals surface area contributed by atoms with Crippen molar-refractivity contribution >= 4 is 56.2 Å². The maximum Gasteiger partial charge on any atom is 0.245 e. The summed E-state index contributed by atoms with van der Waals surface area (Å²) in [5.74, 6) is 5.37. The minimum Gasteiger partial charge on any atom is -0.487 e. The average molecular weight is 641 g/mol. The topological polar surface area (TPSA) is 127 Å². The summed E-state index contributed by atoms with van der Waals surface area (Å²) >= 11 is 13.2. The van der Waals surface area contributed by atoms with E-state index in [1.165, 1.54) is 22.7 Å². The zero-order valence-electron chi connectivity index (χ0n) is 23.7. The summed E-state index contributed by atoms with van der Waals surface area (Å²) in [4.78, 5) is 17.7. The molecule has 1 atom stereocenters. The van der Waals surface area contributed by atoms with Crippen molar-refractivity contribution in [3.8, 4) is 5.75 Å². The average Bonchev–Trinajstić information content (AvgIpc) is 3.48. The number of aryl methyl sites for hydroxylation is 2. The van der Waals surface area contributed by atoms with Crippen LogP contribution >= 0.6 is 23.2 Å². The van der Waals surface area contributed by atoms with Gasteiger partial charge in [-0.15, -0.1) is 0 Å². The third-order valence-electron chi connectivity index (χ3n) is 7.39. The minimum absolute atomic E-state index is 0.0440. The molecule has 1 aliphatic rings. The van der Waals surface area contributed by atoms with Gasteiger partial charge in [0.2, 0.25) is 15.9 Å². The van der Waals surface area contributed by atoms with Crippen molar-refractivity contribution in [2.24, 2.45) is 10.9 Å². The molecule has 0 radical (unpaired) electrons. The summed E-state index contributed by atoms with van der Waals surface area (Å²) in [6.45, 7) is 4.25. The second-order valence-corrected chi connectivity index (χ2v) is 13.0. The molecular formula is C31H31Cl2N5O4S.